The third-order valence-electron chi connectivity index (χ3n) is 3.48. The van der Waals surface area contributed by atoms with E-state index < -0.39 is 83.6 Å². The van der Waals surface area contributed by atoms with Crippen molar-refractivity contribution in [2.24, 2.45) is 0 Å². The van der Waals surface area contributed by atoms with Crippen LogP contribution < -0.4 is 14.7 Å². The number of rotatable bonds is 12. The molecular weight excluding hydrogens is 698 g/mol. The van der Waals surface area contributed by atoms with Crippen LogP contribution in [0.15, 0.2) is 0 Å². The van der Waals surface area contributed by atoms with E-state index >= 15 is 0 Å². The molecule has 31 heteroatoms. The topological polar surface area (TPSA) is 409 Å². The summed E-state index contributed by atoms with van der Waals surface area (Å²) < 4.78 is 91.9. The maximum atomic E-state index is 11.4. The summed E-state index contributed by atoms with van der Waals surface area (Å²) in [7, 11) is -37.1. The van der Waals surface area contributed by atoms with Gasteiger partial charge < -0.3 is 72.3 Å². The van der Waals surface area contributed by atoms with Crippen molar-refractivity contribution in [2.45, 2.75) is 36.6 Å². The van der Waals surface area contributed by atoms with Crippen LogP contribution >= 0.6 is 46.9 Å². The second-order valence-electron chi connectivity index (χ2n) is 6.30. The van der Waals surface area contributed by atoms with Crippen LogP contribution in [0.3, 0.4) is 0 Å². The first kappa shape index (κ1) is 38.2. The molecule has 1 radical (unpaired) electrons. The second kappa shape index (κ2) is 13.0. The van der Waals surface area contributed by atoms with Crippen LogP contribution in [-0.2, 0) is 71.6 Å². The standard InChI is InChI=1S/C6H18O24P6.Fe/c7-31(8,9)25-1-2(26-32(10,11)12)4(28-34(16,17)18)6(30-36(22,23)24)5(29-35(19,20)21)3(1)27-33(13,14)15;/h1-6H,(H2,7,8,9)(H2,10,11,12)(H2,13,14,15)(H2,16,17,18)(H2,19,20,21)(H2,22,23,24);/q;+3/p-3/t1-,2-,3-,4+,5-,6-;. The summed E-state index contributed by atoms with van der Waals surface area (Å²) in [6, 6.07) is 0. The van der Waals surface area contributed by atoms with Crippen LogP contribution in [0.5, 0.6) is 0 Å². The summed E-state index contributed by atoms with van der Waals surface area (Å²) in [6.07, 6.45) is -19.5. The summed E-state index contributed by atoms with van der Waals surface area (Å²) in [5, 5.41) is 0. The minimum atomic E-state index is -6.54. The van der Waals surface area contributed by atoms with Gasteiger partial charge in [-0.05, 0) is 0 Å². The van der Waals surface area contributed by atoms with Crippen molar-refractivity contribution in [3.05, 3.63) is 0 Å². The van der Waals surface area contributed by atoms with Crippen LogP contribution in [-0.4, -0.2) is 80.7 Å². The molecule has 0 bridgehead atoms. The van der Waals surface area contributed by atoms with Gasteiger partial charge in [0.05, 0.1) is 7.82 Å². The fraction of sp³-hybridized carbons (Fsp3) is 1.00. The van der Waals surface area contributed by atoms with E-state index in [1.807, 2.05) is 0 Å². The molecule has 1 rings (SSSR count). The summed E-state index contributed by atoms with van der Waals surface area (Å²) in [5.41, 5.74) is 0. The Morgan fingerprint density at radius 2 is 0.595 bits per heavy atom. The van der Waals surface area contributed by atoms with Gasteiger partial charge >= 0.3 is 48.4 Å². The van der Waals surface area contributed by atoms with Crippen molar-refractivity contribution < 1.29 is 130 Å². The average molecular weight is 713 g/mol. The molecule has 0 spiro atoms. The molecule has 0 aromatic rings. The largest absolute Gasteiger partial charge is 3.00 e. The van der Waals surface area contributed by atoms with Gasteiger partial charge in [0.15, 0.2) is 0 Å². The van der Waals surface area contributed by atoms with Crippen LogP contribution in [0.25, 0.3) is 0 Å². The third-order valence-corrected chi connectivity index (χ3v) is 6.57. The van der Waals surface area contributed by atoms with Gasteiger partial charge in [0.1, 0.15) is 36.6 Å². The Hall–Kier alpha value is 1.18. The Labute approximate surface area is 214 Å². The number of hydrogen-bond donors (Lipinski definition) is 9. The smallest absolute Gasteiger partial charge is 0.790 e. The summed E-state index contributed by atoms with van der Waals surface area (Å²) >= 11 is 0. The van der Waals surface area contributed by atoms with E-state index in [0.717, 1.165) is 0 Å². The number of phosphoric ester groups is 6. The fourth-order valence-corrected chi connectivity index (χ4v) is 6.09. The normalized spacial score (nSPS) is 29.8. The van der Waals surface area contributed by atoms with Crippen LogP contribution in [0, 0.1) is 0 Å². The SMILES string of the molecule is O=P([O-])([O-])O[C@H]1[C@@H](OP(=O)([O-])O)[C@@H](OP(=O)(O)O)[C@H](OP(=O)(O)O)[C@@H](OP(=O)(O)O)[C@@H]1OP(=O)(O)O.[Fe+3]. The van der Waals surface area contributed by atoms with Crippen molar-refractivity contribution in [1.82, 2.24) is 0 Å². The Kier molecular flexibility index (Phi) is 13.4. The summed E-state index contributed by atoms with van der Waals surface area (Å²) in [4.78, 5) is 116. The molecule has 1 aliphatic carbocycles. The molecule has 0 saturated heterocycles. The Bertz CT molecular complexity index is 824. The van der Waals surface area contributed by atoms with Gasteiger partial charge in [-0.2, -0.15) is 0 Å². The average Bonchev–Trinajstić information content (AvgIpc) is 2.51. The molecule has 9 N–H and O–H groups in total. The Morgan fingerprint density at radius 3 is 0.757 bits per heavy atom. The van der Waals surface area contributed by atoms with E-state index in [1.165, 1.54) is 0 Å². The van der Waals surface area contributed by atoms with Crippen molar-refractivity contribution in [3.63, 3.8) is 0 Å². The molecule has 1 aliphatic rings. The third kappa shape index (κ3) is 15.1. The van der Waals surface area contributed by atoms with Gasteiger partial charge in [0, 0.05) is 0 Å². The van der Waals surface area contributed by atoms with E-state index in [1.54, 1.807) is 0 Å². The number of phosphoric acid groups is 6. The van der Waals surface area contributed by atoms with Gasteiger partial charge in [0.2, 0.25) is 0 Å². The van der Waals surface area contributed by atoms with E-state index in [4.69, 9.17) is 44.0 Å². The molecule has 221 valence electrons. The zero-order valence-corrected chi connectivity index (χ0v) is 23.1. The van der Waals surface area contributed by atoms with Crippen LogP contribution in [0.4, 0.5) is 0 Å². The maximum absolute atomic E-state index is 11.4. The molecule has 1 saturated carbocycles. The van der Waals surface area contributed by atoms with Gasteiger partial charge in [-0.1, -0.05) is 0 Å². The van der Waals surface area contributed by atoms with Crippen molar-refractivity contribution in [3.8, 4) is 0 Å². The zero-order valence-electron chi connectivity index (χ0n) is 16.6. The first-order valence-corrected chi connectivity index (χ1v) is 17.0. The van der Waals surface area contributed by atoms with Gasteiger partial charge in [-0.25, -0.2) is 18.3 Å². The van der Waals surface area contributed by atoms with Gasteiger partial charge in [-0.15, -0.1) is 0 Å². The van der Waals surface area contributed by atoms with Crippen molar-refractivity contribution >= 4 is 46.9 Å². The minimum Gasteiger partial charge on any atom is -0.790 e. The first-order valence-electron chi connectivity index (χ1n) is 7.95. The number of hydrogen-bond acceptors (Lipinski definition) is 15. The fourth-order valence-electron chi connectivity index (χ4n) is 2.78. The minimum absolute atomic E-state index is 0. The monoisotopic (exact) mass is 713 g/mol. The van der Waals surface area contributed by atoms with E-state index in [-0.39, 0.29) is 17.1 Å². The molecule has 1 unspecified atom stereocenters. The predicted octanol–water partition coefficient (Wildman–Crippen LogP) is -5.03. The molecular formula is C6H15FeO24P6. The molecule has 1 fully saturated rings. The second-order valence-corrected chi connectivity index (χ2v) is 13.3. The molecule has 7 atom stereocenters. The predicted molar refractivity (Wildman–Crippen MR) is 94.8 cm³/mol. The van der Waals surface area contributed by atoms with Crippen LogP contribution in [0.2, 0.25) is 0 Å². The maximum Gasteiger partial charge on any atom is 3.00 e. The van der Waals surface area contributed by atoms with Crippen molar-refractivity contribution in [2.75, 3.05) is 0 Å². The first-order chi connectivity index (χ1) is 15.6. The van der Waals surface area contributed by atoms with E-state index in [9.17, 15) is 42.1 Å². The van der Waals surface area contributed by atoms with Gasteiger partial charge in [0.25, 0.3) is 7.82 Å². The molecule has 0 aromatic carbocycles. The van der Waals surface area contributed by atoms with Crippen LogP contribution in [0.1, 0.15) is 0 Å². The summed E-state index contributed by atoms with van der Waals surface area (Å²) in [5.74, 6) is 0. The molecule has 0 aliphatic heterocycles. The van der Waals surface area contributed by atoms with Crippen molar-refractivity contribution in [1.29, 1.82) is 0 Å². The quantitative estimate of drug-likeness (QED) is 0.0675. The van der Waals surface area contributed by atoms with E-state index in [0.29, 0.717) is 0 Å². The molecule has 37 heavy (non-hydrogen) atoms. The Morgan fingerprint density at radius 1 is 0.405 bits per heavy atom. The molecule has 24 nitrogen and oxygen atoms in total. The molecule has 0 heterocycles. The molecule has 0 amide bonds. The molecule has 0 aromatic heterocycles. The Balaban J connectivity index is 0.0000130. The van der Waals surface area contributed by atoms with Gasteiger partial charge in [-0.3, -0.25) is 22.7 Å². The van der Waals surface area contributed by atoms with E-state index in [2.05, 4.69) is 27.1 Å². The summed E-state index contributed by atoms with van der Waals surface area (Å²) in [6.45, 7) is 0. The zero-order chi connectivity index (χ0) is 28.7.